The van der Waals surface area contributed by atoms with Gasteiger partial charge in [-0.1, -0.05) is 145 Å². The Morgan fingerprint density at radius 3 is 1.62 bits per heavy atom. The minimum Gasteiger partial charge on any atom is -0.461 e. The molecule has 2 rings (SSSR count). The molecule has 42 heavy (non-hydrogen) atoms. The molecule has 0 saturated carbocycles. The van der Waals surface area contributed by atoms with Crippen LogP contribution in [0.3, 0.4) is 0 Å². The smallest absolute Gasteiger partial charge is 0.317 e. The van der Waals surface area contributed by atoms with Crippen molar-refractivity contribution in [1.82, 2.24) is 0 Å². The molecule has 0 amide bonds. The first kappa shape index (κ1) is 35.4. The second-order valence-corrected chi connectivity index (χ2v) is 11.6. The Hall–Kier alpha value is -2.80. The summed E-state index contributed by atoms with van der Waals surface area (Å²) >= 11 is 0.903. The number of esters is 2. The van der Waals surface area contributed by atoms with Gasteiger partial charge in [-0.25, -0.2) is 0 Å². The van der Waals surface area contributed by atoms with E-state index in [-0.39, 0.29) is 31.4 Å². The number of carbonyl (C=O) groups excluding carboxylic acids is 3. The molecule has 0 heterocycles. The van der Waals surface area contributed by atoms with Gasteiger partial charge in [-0.3, -0.25) is 14.4 Å². The van der Waals surface area contributed by atoms with Gasteiger partial charge in [0.2, 0.25) is 0 Å². The van der Waals surface area contributed by atoms with Crippen LogP contribution in [0.2, 0.25) is 0 Å². The third kappa shape index (κ3) is 17.9. The lowest BCUT2D eigenvalue weighted by Gasteiger charge is -2.15. The van der Waals surface area contributed by atoms with E-state index in [9.17, 15) is 14.4 Å². The zero-order chi connectivity index (χ0) is 30.1. The van der Waals surface area contributed by atoms with E-state index in [1.54, 1.807) is 0 Å². The second-order valence-electron chi connectivity index (χ2n) is 10.9. The van der Waals surface area contributed by atoms with Crippen LogP contribution in [-0.2, 0) is 41.3 Å². The Bertz CT molecular complexity index is 981. The van der Waals surface area contributed by atoms with Gasteiger partial charge in [0.1, 0.15) is 13.2 Å². The lowest BCUT2D eigenvalue weighted by molar-refractivity contribution is -0.155. The van der Waals surface area contributed by atoms with Crippen LogP contribution in [0.25, 0.3) is 0 Å². The van der Waals surface area contributed by atoms with Crippen molar-refractivity contribution in [2.24, 2.45) is 5.92 Å². The molecule has 0 spiro atoms. The molecule has 0 aliphatic heterocycles. The van der Waals surface area contributed by atoms with Crippen LogP contribution in [0.15, 0.2) is 60.7 Å². The molecule has 0 radical (unpaired) electrons. The molecule has 0 fully saturated rings. The fourth-order valence-electron chi connectivity index (χ4n) is 4.57. The minimum absolute atomic E-state index is 0.110. The molecule has 0 aromatic heterocycles. The maximum atomic E-state index is 12.8. The number of unbranched alkanes of at least 4 members (excludes halogenated alkanes) is 12. The SMILES string of the molecule is CCCCCCCCCCCCCCCC(=O)OSC[C@H](CC(=O)OCc1ccccc1)C(=O)OCc1ccccc1. The molecule has 6 nitrogen and oxygen atoms in total. The molecule has 0 unspecified atom stereocenters. The summed E-state index contributed by atoms with van der Waals surface area (Å²) in [5, 5.41) is 0. The highest BCUT2D eigenvalue weighted by Crippen LogP contribution is 2.19. The second kappa shape index (κ2) is 23.7. The molecule has 0 bridgehead atoms. The molecule has 0 aliphatic carbocycles. The van der Waals surface area contributed by atoms with Crippen molar-refractivity contribution in [1.29, 1.82) is 0 Å². The normalized spacial score (nSPS) is 11.5. The van der Waals surface area contributed by atoms with Gasteiger partial charge in [0.25, 0.3) is 0 Å². The fraction of sp³-hybridized carbons (Fsp3) is 0.571. The zero-order valence-corrected chi connectivity index (χ0v) is 26.3. The summed E-state index contributed by atoms with van der Waals surface area (Å²) in [7, 11) is 0. The Morgan fingerprint density at radius 2 is 1.10 bits per heavy atom. The third-order valence-electron chi connectivity index (χ3n) is 7.12. The number of benzene rings is 2. The van der Waals surface area contributed by atoms with Crippen molar-refractivity contribution in [2.75, 3.05) is 5.75 Å². The van der Waals surface area contributed by atoms with Crippen molar-refractivity contribution < 1.29 is 28.0 Å². The van der Waals surface area contributed by atoms with E-state index in [2.05, 4.69) is 6.92 Å². The van der Waals surface area contributed by atoms with Gasteiger partial charge in [0.05, 0.1) is 24.4 Å². The van der Waals surface area contributed by atoms with E-state index in [0.29, 0.717) is 6.42 Å². The van der Waals surface area contributed by atoms with Crippen LogP contribution in [-0.4, -0.2) is 23.7 Å². The largest absolute Gasteiger partial charge is 0.461 e. The van der Waals surface area contributed by atoms with E-state index in [1.165, 1.54) is 64.2 Å². The molecule has 232 valence electrons. The van der Waals surface area contributed by atoms with Gasteiger partial charge in [0, 0.05) is 12.2 Å². The van der Waals surface area contributed by atoms with Crippen molar-refractivity contribution in [3.05, 3.63) is 71.8 Å². The Kier molecular flexibility index (Phi) is 20.0. The van der Waals surface area contributed by atoms with Gasteiger partial charge in [-0.15, -0.1) is 0 Å². The van der Waals surface area contributed by atoms with Gasteiger partial charge in [-0.2, -0.15) is 0 Å². The Labute approximate surface area is 257 Å². The predicted octanol–water partition coefficient (Wildman–Crippen LogP) is 9.15. The van der Waals surface area contributed by atoms with Crippen LogP contribution < -0.4 is 0 Å². The summed E-state index contributed by atoms with van der Waals surface area (Å²) < 4.78 is 16.2. The minimum atomic E-state index is -0.786. The molecule has 0 saturated heterocycles. The summed E-state index contributed by atoms with van der Waals surface area (Å²) in [6.45, 7) is 2.49. The van der Waals surface area contributed by atoms with E-state index in [0.717, 1.165) is 42.4 Å². The summed E-state index contributed by atoms with van der Waals surface area (Å²) in [6, 6.07) is 18.7. The maximum Gasteiger partial charge on any atom is 0.317 e. The third-order valence-corrected chi connectivity index (χ3v) is 7.96. The van der Waals surface area contributed by atoms with Gasteiger partial charge in [-0.05, 0) is 17.5 Å². The average Bonchev–Trinajstić information content (AvgIpc) is 3.01. The molecular weight excluding hydrogens is 548 g/mol. The van der Waals surface area contributed by atoms with Crippen molar-refractivity contribution in [3.8, 4) is 0 Å². The predicted molar refractivity (Wildman–Crippen MR) is 169 cm³/mol. The topological polar surface area (TPSA) is 78.9 Å². The van der Waals surface area contributed by atoms with Crippen molar-refractivity contribution in [3.63, 3.8) is 0 Å². The summed E-state index contributed by atoms with van der Waals surface area (Å²) in [4.78, 5) is 37.6. The molecule has 7 heteroatoms. The van der Waals surface area contributed by atoms with Gasteiger partial charge >= 0.3 is 17.9 Å². The van der Waals surface area contributed by atoms with Crippen LogP contribution in [0.5, 0.6) is 0 Å². The van der Waals surface area contributed by atoms with Gasteiger partial charge in [0.15, 0.2) is 0 Å². The lowest BCUT2D eigenvalue weighted by Crippen LogP contribution is -2.24. The standard InChI is InChI=1S/C35H50O6S/c1-2-3-4-5-6-7-8-9-10-11-12-13-20-25-33(36)41-42-29-32(35(38)40-28-31-23-18-15-19-24-31)26-34(37)39-27-30-21-16-14-17-22-30/h14-19,21-24,32H,2-13,20,25-29H2,1H3/t32-/m0/s1. The highest BCUT2D eigenvalue weighted by atomic mass is 32.2. The highest BCUT2D eigenvalue weighted by Gasteiger charge is 2.26. The first-order chi connectivity index (χ1) is 20.6. The van der Waals surface area contributed by atoms with Crippen LogP contribution in [0.1, 0.15) is 114 Å². The Morgan fingerprint density at radius 1 is 0.619 bits per heavy atom. The Balaban J connectivity index is 1.62. The van der Waals surface area contributed by atoms with Gasteiger partial charge < -0.3 is 13.7 Å². The number of carbonyl (C=O) groups is 3. The van der Waals surface area contributed by atoms with Crippen molar-refractivity contribution >= 4 is 30.0 Å². The van der Waals surface area contributed by atoms with Crippen molar-refractivity contribution in [2.45, 2.75) is 116 Å². The highest BCUT2D eigenvalue weighted by molar-refractivity contribution is 7.95. The molecule has 0 N–H and O–H groups in total. The van der Waals surface area contributed by atoms with E-state index >= 15 is 0 Å². The molecule has 1 atom stereocenters. The van der Waals surface area contributed by atoms with E-state index in [4.69, 9.17) is 13.7 Å². The van der Waals surface area contributed by atoms with E-state index in [1.807, 2.05) is 60.7 Å². The van der Waals surface area contributed by atoms with E-state index < -0.39 is 17.9 Å². The first-order valence-electron chi connectivity index (χ1n) is 15.8. The lowest BCUT2D eigenvalue weighted by atomic mass is 10.0. The molecule has 2 aromatic carbocycles. The average molecular weight is 599 g/mol. The molecule has 0 aliphatic rings. The monoisotopic (exact) mass is 598 g/mol. The van der Waals surface area contributed by atoms with Crippen LogP contribution in [0, 0.1) is 5.92 Å². The zero-order valence-electron chi connectivity index (χ0n) is 25.4. The summed E-state index contributed by atoms with van der Waals surface area (Å²) in [5.74, 6) is -1.98. The first-order valence-corrected chi connectivity index (χ1v) is 16.7. The maximum absolute atomic E-state index is 12.8. The summed E-state index contributed by atoms with van der Waals surface area (Å²) in [6.07, 6.45) is 16.4. The van der Waals surface area contributed by atoms with Crippen LogP contribution in [0.4, 0.5) is 0 Å². The molecule has 2 aromatic rings. The van der Waals surface area contributed by atoms with Crippen LogP contribution >= 0.6 is 12.0 Å². The number of ether oxygens (including phenoxy) is 2. The number of hydrogen-bond acceptors (Lipinski definition) is 7. The number of rotatable bonds is 24. The fourth-order valence-corrected chi connectivity index (χ4v) is 5.27. The number of hydrogen-bond donors (Lipinski definition) is 0. The molecular formula is C35H50O6S. The summed E-state index contributed by atoms with van der Waals surface area (Å²) in [5.41, 5.74) is 1.72. The quantitative estimate of drug-likeness (QED) is 0.0677.